The van der Waals surface area contributed by atoms with Gasteiger partial charge in [-0.2, -0.15) is 4.37 Å². The Morgan fingerprint density at radius 2 is 2.44 bits per heavy atom. The van der Waals surface area contributed by atoms with Gasteiger partial charge in [-0.25, -0.2) is 9.97 Å². The maximum absolute atomic E-state index is 4.34. The lowest BCUT2D eigenvalue weighted by atomic mass is 10.4. The highest BCUT2D eigenvalue weighted by Crippen LogP contribution is 2.10. The fourth-order valence-corrected chi connectivity index (χ4v) is 2.02. The van der Waals surface area contributed by atoms with Crippen molar-refractivity contribution in [1.82, 2.24) is 18.9 Å². The van der Waals surface area contributed by atoms with Crippen LogP contribution in [-0.4, -0.2) is 25.5 Å². The number of hydrogen-bond donors (Lipinski definition) is 1. The van der Waals surface area contributed by atoms with Crippen molar-refractivity contribution in [2.45, 2.75) is 26.3 Å². The molecule has 0 amide bonds. The first-order chi connectivity index (χ1) is 7.88. The van der Waals surface area contributed by atoms with Crippen molar-refractivity contribution in [3.63, 3.8) is 0 Å². The molecule has 2 aromatic rings. The molecular weight excluding hydrogens is 222 g/mol. The molecule has 0 aliphatic heterocycles. The summed E-state index contributed by atoms with van der Waals surface area (Å²) in [6.07, 6.45) is 7.55. The van der Waals surface area contributed by atoms with Crippen LogP contribution in [0.15, 0.2) is 18.7 Å². The summed E-state index contributed by atoms with van der Waals surface area (Å²) in [6.45, 7) is 3.95. The molecule has 0 spiro atoms. The van der Waals surface area contributed by atoms with E-state index in [-0.39, 0.29) is 0 Å². The van der Waals surface area contributed by atoms with Crippen molar-refractivity contribution in [2.75, 3.05) is 11.9 Å². The molecule has 0 aliphatic rings. The van der Waals surface area contributed by atoms with E-state index in [0.29, 0.717) is 0 Å². The van der Waals surface area contributed by atoms with Gasteiger partial charge < -0.3 is 9.88 Å². The van der Waals surface area contributed by atoms with Gasteiger partial charge in [-0.15, -0.1) is 0 Å². The van der Waals surface area contributed by atoms with E-state index in [4.69, 9.17) is 0 Å². The second-order valence-electron chi connectivity index (χ2n) is 3.45. The number of aromatic nitrogens is 4. The van der Waals surface area contributed by atoms with Crippen LogP contribution in [0.5, 0.6) is 0 Å². The molecule has 6 heteroatoms. The largest absolute Gasteiger partial charge is 0.360 e. The number of nitrogens with zero attached hydrogens (tertiary/aromatic N) is 4. The second kappa shape index (κ2) is 5.60. The first-order valence-corrected chi connectivity index (χ1v) is 6.18. The average Bonchev–Trinajstić information content (AvgIpc) is 2.95. The maximum atomic E-state index is 4.34. The third kappa shape index (κ3) is 3.03. The van der Waals surface area contributed by atoms with E-state index in [1.54, 1.807) is 6.20 Å². The molecule has 0 aliphatic carbocycles. The molecule has 16 heavy (non-hydrogen) atoms. The normalized spacial score (nSPS) is 10.6. The number of anilines is 1. The summed E-state index contributed by atoms with van der Waals surface area (Å²) in [5.74, 6) is 0.919. The Kier molecular flexibility index (Phi) is 3.87. The van der Waals surface area contributed by atoms with Crippen LogP contribution >= 0.6 is 11.5 Å². The quantitative estimate of drug-likeness (QED) is 0.778. The van der Waals surface area contributed by atoms with Crippen molar-refractivity contribution in [3.8, 4) is 0 Å². The first-order valence-electron chi connectivity index (χ1n) is 5.40. The van der Waals surface area contributed by atoms with Gasteiger partial charge in [0, 0.05) is 43.4 Å². The van der Waals surface area contributed by atoms with E-state index < -0.39 is 0 Å². The third-order valence-corrected chi connectivity index (χ3v) is 2.92. The molecule has 86 valence electrons. The van der Waals surface area contributed by atoms with E-state index in [2.05, 4.69) is 31.1 Å². The van der Waals surface area contributed by atoms with Crippen LogP contribution in [0.3, 0.4) is 0 Å². The van der Waals surface area contributed by atoms with Gasteiger partial charge in [-0.3, -0.25) is 0 Å². The Morgan fingerprint density at radius 3 is 3.12 bits per heavy atom. The smallest absolute Gasteiger partial charge is 0.202 e. The van der Waals surface area contributed by atoms with Gasteiger partial charge in [-0.05, 0) is 6.42 Å². The fraction of sp³-hybridized carbons (Fsp3) is 0.500. The Morgan fingerprint density at radius 1 is 1.50 bits per heavy atom. The highest BCUT2D eigenvalue weighted by molar-refractivity contribution is 7.09. The van der Waals surface area contributed by atoms with Gasteiger partial charge in [0.1, 0.15) is 5.82 Å². The van der Waals surface area contributed by atoms with Crippen LogP contribution in [-0.2, 0) is 13.0 Å². The Balaban J connectivity index is 1.68. The molecule has 1 N–H and O–H groups in total. The standard InChI is InChI=1S/C10H15N5S/c1-2-9-13-10(16-14-9)12-4-3-6-15-7-5-11-8-15/h5,7-8H,2-4,6H2,1H3,(H,12,13,14). The highest BCUT2D eigenvalue weighted by Gasteiger charge is 2.00. The van der Waals surface area contributed by atoms with Gasteiger partial charge in [0.2, 0.25) is 5.13 Å². The summed E-state index contributed by atoms with van der Waals surface area (Å²) in [4.78, 5) is 8.34. The van der Waals surface area contributed by atoms with Crippen molar-refractivity contribution < 1.29 is 0 Å². The molecule has 0 saturated carbocycles. The molecule has 5 nitrogen and oxygen atoms in total. The fourth-order valence-electron chi connectivity index (χ4n) is 1.35. The molecule has 2 aromatic heterocycles. The number of hydrogen-bond acceptors (Lipinski definition) is 5. The minimum atomic E-state index is 0.896. The lowest BCUT2D eigenvalue weighted by Crippen LogP contribution is -2.05. The number of rotatable bonds is 6. The second-order valence-corrected chi connectivity index (χ2v) is 4.20. The Bertz CT molecular complexity index is 409. The van der Waals surface area contributed by atoms with Crippen molar-refractivity contribution in [1.29, 1.82) is 0 Å². The molecule has 0 aromatic carbocycles. The minimum absolute atomic E-state index is 0.896. The first kappa shape index (κ1) is 11.1. The number of aryl methyl sites for hydroxylation is 2. The Hall–Kier alpha value is -1.43. The van der Waals surface area contributed by atoms with Gasteiger partial charge >= 0.3 is 0 Å². The van der Waals surface area contributed by atoms with E-state index in [0.717, 1.165) is 36.9 Å². The van der Waals surface area contributed by atoms with Gasteiger partial charge in [0.05, 0.1) is 6.33 Å². The third-order valence-electron chi connectivity index (χ3n) is 2.21. The molecule has 2 rings (SSSR count). The van der Waals surface area contributed by atoms with Gasteiger partial charge in [0.25, 0.3) is 0 Å². The Labute approximate surface area is 98.7 Å². The SMILES string of the molecule is CCc1nsc(NCCCn2ccnc2)n1. The summed E-state index contributed by atoms with van der Waals surface area (Å²) in [5, 5.41) is 4.19. The van der Waals surface area contributed by atoms with E-state index >= 15 is 0 Å². The molecule has 0 radical (unpaired) electrons. The predicted molar refractivity (Wildman–Crippen MR) is 64.6 cm³/mol. The molecule has 0 bridgehead atoms. The van der Waals surface area contributed by atoms with Crippen LogP contribution in [0, 0.1) is 0 Å². The minimum Gasteiger partial charge on any atom is -0.360 e. The van der Waals surface area contributed by atoms with Crippen LogP contribution in [0.25, 0.3) is 0 Å². The molecular formula is C10H15N5S. The summed E-state index contributed by atoms with van der Waals surface area (Å²) in [7, 11) is 0. The average molecular weight is 237 g/mol. The topological polar surface area (TPSA) is 55.6 Å². The highest BCUT2D eigenvalue weighted by atomic mass is 32.1. The summed E-state index contributed by atoms with van der Waals surface area (Å²) in [5.41, 5.74) is 0. The van der Waals surface area contributed by atoms with E-state index in [1.807, 2.05) is 12.5 Å². The zero-order valence-electron chi connectivity index (χ0n) is 9.26. The summed E-state index contributed by atoms with van der Waals surface area (Å²) < 4.78 is 6.28. The van der Waals surface area contributed by atoms with Crippen LogP contribution in [0.1, 0.15) is 19.2 Å². The predicted octanol–water partition coefficient (Wildman–Crippen LogP) is 1.80. The zero-order valence-corrected chi connectivity index (χ0v) is 10.1. The van der Waals surface area contributed by atoms with E-state index in [1.165, 1.54) is 11.5 Å². The van der Waals surface area contributed by atoms with Crippen LogP contribution < -0.4 is 5.32 Å². The van der Waals surface area contributed by atoms with Crippen LogP contribution in [0.4, 0.5) is 5.13 Å². The van der Waals surface area contributed by atoms with Crippen molar-refractivity contribution in [3.05, 3.63) is 24.5 Å². The monoisotopic (exact) mass is 237 g/mol. The lowest BCUT2D eigenvalue weighted by molar-refractivity contribution is 0.660. The van der Waals surface area contributed by atoms with Gasteiger partial charge in [0.15, 0.2) is 0 Å². The maximum Gasteiger partial charge on any atom is 0.202 e. The molecule has 0 atom stereocenters. The molecule has 0 fully saturated rings. The summed E-state index contributed by atoms with van der Waals surface area (Å²) >= 11 is 1.43. The van der Waals surface area contributed by atoms with Crippen molar-refractivity contribution >= 4 is 16.7 Å². The molecule has 2 heterocycles. The summed E-state index contributed by atoms with van der Waals surface area (Å²) in [6, 6.07) is 0. The number of nitrogens with one attached hydrogen (secondary N) is 1. The lowest BCUT2D eigenvalue weighted by Gasteiger charge is -2.02. The zero-order chi connectivity index (χ0) is 11.2. The van der Waals surface area contributed by atoms with Crippen LogP contribution in [0.2, 0.25) is 0 Å². The van der Waals surface area contributed by atoms with Crippen molar-refractivity contribution in [2.24, 2.45) is 0 Å². The van der Waals surface area contributed by atoms with E-state index in [9.17, 15) is 0 Å². The molecule has 0 unspecified atom stereocenters. The number of imidazole rings is 1. The van der Waals surface area contributed by atoms with Gasteiger partial charge in [-0.1, -0.05) is 6.92 Å². The molecule has 0 saturated heterocycles.